The van der Waals surface area contributed by atoms with Crippen LogP contribution in [0, 0.1) is 10.1 Å². The Balaban J connectivity index is 1.62. The summed E-state index contributed by atoms with van der Waals surface area (Å²) in [6.07, 6.45) is 3.76. The van der Waals surface area contributed by atoms with Crippen molar-refractivity contribution >= 4 is 15.7 Å². The van der Waals surface area contributed by atoms with Gasteiger partial charge in [-0.3, -0.25) is 15.0 Å². The van der Waals surface area contributed by atoms with Crippen molar-refractivity contribution in [2.75, 3.05) is 32.7 Å². The second-order valence-corrected chi connectivity index (χ2v) is 9.01. The first-order chi connectivity index (χ1) is 13.3. The van der Waals surface area contributed by atoms with Gasteiger partial charge in [0.1, 0.15) is 5.82 Å². The van der Waals surface area contributed by atoms with Gasteiger partial charge in [0.05, 0.1) is 4.92 Å². The zero-order valence-electron chi connectivity index (χ0n) is 16.1. The van der Waals surface area contributed by atoms with Crippen molar-refractivity contribution in [3.8, 4) is 0 Å². The highest BCUT2D eigenvalue weighted by Crippen LogP contribution is 2.26. The summed E-state index contributed by atoms with van der Waals surface area (Å²) in [7, 11) is -3.89. The molecule has 3 rings (SSSR count). The molecular formula is C18H25N5O4S. The topological polar surface area (TPSA) is 102 Å². The molecule has 0 amide bonds. The highest BCUT2D eigenvalue weighted by atomic mass is 32.2. The predicted octanol–water partition coefficient (Wildman–Crippen LogP) is 1.92. The molecule has 1 aliphatic rings. The Hall–Kier alpha value is -2.30. The van der Waals surface area contributed by atoms with Gasteiger partial charge in [-0.1, -0.05) is 26.0 Å². The summed E-state index contributed by atoms with van der Waals surface area (Å²) in [5, 5.41) is 11.2. The predicted molar refractivity (Wildman–Crippen MR) is 105 cm³/mol. The second-order valence-electron chi connectivity index (χ2n) is 7.10. The van der Waals surface area contributed by atoms with Gasteiger partial charge in [0.15, 0.2) is 4.90 Å². The Kier molecular flexibility index (Phi) is 6.11. The lowest BCUT2D eigenvalue weighted by atomic mass is 10.2. The lowest BCUT2D eigenvalue weighted by Crippen LogP contribution is -2.49. The molecule has 1 saturated heterocycles. The summed E-state index contributed by atoms with van der Waals surface area (Å²) >= 11 is 0. The third kappa shape index (κ3) is 4.23. The van der Waals surface area contributed by atoms with E-state index in [1.165, 1.54) is 28.6 Å². The van der Waals surface area contributed by atoms with Gasteiger partial charge in [-0.2, -0.15) is 4.31 Å². The number of para-hydroxylation sites is 1. The third-order valence-electron chi connectivity index (χ3n) is 4.93. The van der Waals surface area contributed by atoms with Crippen molar-refractivity contribution in [2.45, 2.75) is 31.2 Å². The average molecular weight is 407 g/mol. The number of piperazine rings is 1. The molecule has 9 nitrogen and oxygen atoms in total. The molecule has 10 heteroatoms. The molecule has 0 bridgehead atoms. The summed E-state index contributed by atoms with van der Waals surface area (Å²) in [4.78, 5) is 16.9. The van der Waals surface area contributed by atoms with Crippen molar-refractivity contribution in [3.05, 3.63) is 52.6 Å². The van der Waals surface area contributed by atoms with Crippen molar-refractivity contribution in [3.63, 3.8) is 0 Å². The van der Waals surface area contributed by atoms with E-state index in [1.54, 1.807) is 6.20 Å². The quantitative estimate of drug-likeness (QED) is 0.513. The van der Waals surface area contributed by atoms with Crippen LogP contribution in [0.3, 0.4) is 0 Å². The zero-order chi connectivity index (χ0) is 20.3. The van der Waals surface area contributed by atoms with Gasteiger partial charge in [-0.25, -0.2) is 13.4 Å². The fourth-order valence-electron chi connectivity index (χ4n) is 3.42. The molecule has 0 radical (unpaired) electrons. The molecule has 1 aromatic carbocycles. The van der Waals surface area contributed by atoms with E-state index in [0.717, 1.165) is 18.9 Å². The van der Waals surface area contributed by atoms with Crippen LogP contribution in [-0.4, -0.2) is 64.8 Å². The fraction of sp³-hybridized carbons (Fsp3) is 0.500. The maximum Gasteiger partial charge on any atom is 0.289 e. The zero-order valence-corrected chi connectivity index (χ0v) is 16.9. The summed E-state index contributed by atoms with van der Waals surface area (Å²) in [5.74, 6) is 1.39. The van der Waals surface area contributed by atoms with E-state index in [4.69, 9.17) is 0 Å². The average Bonchev–Trinajstić information content (AvgIpc) is 3.15. The van der Waals surface area contributed by atoms with Crippen LogP contribution in [0.15, 0.2) is 41.6 Å². The number of aromatic nitrogens is 2. The molecule has 1 fully saturated rings. The van der Waals surface area contributed by atoms with E-state index < -0.39 is 14.9 Å². The number of rotatable bonds is 7. The Morgan fingerprint density at radius 3 is 2.46 bits per heavy atom. The van der Waals surface area contributed by atoms with Gasteiger partial charge in [-0.05, 0) is 6.07 Å². The summed E-state index contributed by atoms with van der Waals surface area (Å²) in [5.41, 5.74) is -0.383. The number of benzene rings is 1. The van der Waals surface area contributed by atoms with Crippen LogP contribution in [0.25, 0.3) is 0 Å². The summed E-state index contributed by atoms with van der Waals surface area (Å²) in [6, 6.07) is 5.50. The number of sulfonamides is 1. The lowest BCUT2D eigenvalue weighted by molar-refractivity contribution is -0.387. The number of imidazole rings is 1. The molecule has 28 heavy (non-hydrogen) atoms. The van der Waals surface area contributed by atoms with E-state index in [-0.39, 0.29) is 10.6 Å². The first-order valence-electron chi connectivity index (χ1n) is 9.27. The van der Waals surface area contributed by atoms with E-state index in [9.17, 15) is 18.5 Å². The number of nitro benzene ring substituents is 1. The minimum absolute atomic E-state index is 0.242. The molecule has 0 spiro atoms. The van der Waals surface area contributed by atoms with E-state index in [1.807, 2.05) is 6.20 Å². The fourth-order valence-corrected chi connectivity index (χ4v) is 5.00. The van der Waals surface area contributed by atoms with Crippen LogP contribution in [0.1, 0.15) is 25.6 Å². The first-order valence-corrected chi connectivity index (χ1v) is 10.7. The smallest absolute Gasteiger partial charge is 0.289 e. The van der Waals surface area contributed by atoms with Crippen molar-refractivity contribution in [2.24, 2.45) is 0 Å². The highest BCUT2D eigenvalue weighted by Gasteiger charge is 2.33. The molecule has 0 unspecified atom stereocenters. The number of hydrogen-bond donors (Lipinski definition) is 0. The van der Waals surface area contributed by atoms with Crippen molar-refractivity contribution in [1.29, 1.82) is 0 Å². The van der Waals surface area contributed by atoms with E-state index in [0.29, 0.717) is 32.1 Å². The minimum Gasteiger partial charge on any atom is -0.333 e. The molecule has 2 aromatic rings. The van der Waals surface area contributed by atoms with Crippen LogP contribution in [0.5, 0.6) is 0 Å². The molecule has 0 atom stereocenters. The molecular weight excluding hydrogens is 382 g/mol. The standard InChI is InChI=1S/C18H25N5O4S/c1-15(2)18-19-7-8-21(18)12-9-20-10-13-22(14-11-20)28(26,27)17-6-4-3-5-16(17)23(24)25/h3-8,15H,9-14H2,1-2H3. The molecule has 1 aliphatic heterocycles. The molecule has 1 aromatic heterocycles. The Bertz CT molecular complexity index is 933. The third-order valence-corrected chi connectivity index (χ3v) is 6.88. The monoisotopic (exact) mass is 407 g/mol. The molecule has 0 saturated carbocycles. The van der Waals surface area contributed by atoms with Crippen LogP contribution < -0.4 is 0 Å². The largest absolute Gasteiger partial charge is 0.333 e. The van der Waals surface area contributed by atoms with Crippen LogP contribution in [0.4, 0.5) is 5.69 Å². The van der Waals surface area contributed by atoms with Gasteiger partial charge >= 0.3 is 0 Å². The van der Waals surface area contributed by atoms with E-state index in [2.05, 4.69) is 28.3 Å². The molecule has 152 valence electrons. The Morgan fingerprint density at radius 1 is 1.14 bits per heavy atom. The number of hydrogen-bond acceptors (Lipinski definition) is 6. The number of nitrogens with zero attached hydrogens (tertiary/aromatic N) is 5. The Labute approximate surface area is 164 Å². The minimum atomic E-state index is -3.89. The first kappa shape index (κ1) is 20.4. The SMILES string of the molecule is CC(C)c1nccn1CCN1CCN(S(=O)(=O)c2ccccc2[N+](=O)[O-])CC1. The van der Waals surface area contributed by atoms with Crippen LogP contribution in [0.2, 0.25) is 0 Å². The van der Waals surface area contributed by atoms with Crippen LogP contribution >= 0.6 is 0 Å². The molecule has 0 aliphatic carbocycles. The number of nitro groups is 1. The maximum atomic E-state index is 12.9. The van der Waals surface area contributed by atoms with Crippen LogP contribution in [-0.2, 0) is 16.6 Å². The van der Waals surface area contributed by atoms with Gasteiger partial charge in [0.2, 0.25) is 10.0 Å². The van der Waals surface area contributed by atoms with E-state index >= 15 is 0 Å². The van der Waals surface area contributed by atoms with Gasteiger partial charge < -0.3 is 4.57 Å². The molecule has 2 heterocycles. The van der Waals surface area contributed by atoms with Gasteiger partial charge in [0, 0.05) is 63.6 Å². The maximum absolute atomic E-state index is 12.9. The summed E-state index contributed by atoms with van der Waals surface area (Å²) < 4.78 is 29.2. The van der Waals surface area contributed by atoms with Crippen molar-refractivity contribution in [1.82, 2.24) is 18.8 Å². The highest BCUT2D eigenvalue weighted by molar-refractivity contribution is 7.89. The second kappa shape index (κ2) is 8.38. The molecule has 0 N–H and O–H groups in total. The Morgan fingerprint density at radius 2 is 1.82 bits per heavy atom. The lowest BCUT2D eigenvalue weighted by Gasteiger charge is -2.34. The normalized spacial score (nSPS) is 16.5. The van der Waals surface area contributed by atoms with Gasteiger partial charge in [0.25, 0.3) is 5.69 Å². The summed E-state index contributed by atoms with van der Waals surface area (Å²) in [6.45, 7) is 7.61. The van der Waals surface area contributed by atoms with Crippen molar-refractivity contribution < 1.29 is 13.3 Å². The van der Waals surface area contributed by atoms with Gasteiger partial charge in [-0.15, -0.1) is 0 Å².